The van der Waals surface area contributed by atoms with Crippen molar-refractivity contribution in [2.24, 2.45) is 0 Å². The molecule has 2 aromatic carbocycles. The van der Waals surface area contributed by atoms with Crippen molar-refractivity contribution in [3.8, 4) is 17.6 Å². The van der Waals surface area contributed by atoms with Crippen LogP contribution in [-0.2, 0) is 5.41 Å². The Bertz CT molecular complexity index is 1000. The van der Waals surface area contributed by atoms with Crippen LogP contribution in [0.2, 0.25) is 0 Å². The van der Waals surface area contributed by atoms with Gasteiger partial charge < -0.3 is 19.3 Å². The summed E-state index contributed by atoms with van der Waals surface area (Å²) in [5.74, 6) is 1.07. The minimum Gasteiger partial charge on any atom is -0.492 e. The van der Waals surface area contributed by atoms with E-state index in [0.29, 0.717) is 18.4 Å². The van der Waals surface area contributed by atoms with Gasteiger partial charge in [-0.05, 0) is 42.7 Å². The smallest absolute Gasteiger partial charge is 0.143 e. The number of halogens is 1. The van der Waals surface area contributed by atoms with Gasteiger partial charge in [-0.3, -0.25) is 0 Å². The Balaban J connectivity index is 1.23. The summed E-state index contributed by atoms with van der Waals surface area (Å²) in [6, 6.07) is 13.1. The number of anilines is 1. The van der Waals surface area contributed by atoms with E-state index in [1.165, 1.54) is 29.4 Å². The zero-order valence-corrected chi connectivity index (χ0v) is 17.2. The number of benzene rings is 2. The highest BCUT2D eigenvalue weighted by Gasteiger charge is 2.52. The summed E-state index contributed by atoms with van der Waals surface area (Å²) in [6.45, 7) is 7.67. The molecule has 30 heavy (non-hydrogen) atoms. The minimum atomic E-state index is -0.418. The Morgan fingerprint density at radius 3 is 3.07 bits per heavy atom. The summed E-state index contributed by atoms with van der Waals surface area (Å²) >= 11 is 0. The van der Waals surface area contributed by atoms with E-state index in [1.54, 1.807) is 0 Å². The van der Waals surface area contributed by atoms with Crippen molar-refractivity contribution in [1.82, 2.24) is 4.90 Å². The molecule has 0 aliphatic carbocycles. The van der Waals surface area contributed by atoms with Crippen LogP contribution < -0.4 is 14.4 Å². The molecule has 0 N–H and O–H groups in total. The lowest BCUT2D eigenvalue weighted by atomic mass is 9.74. The predicted octanol–water partition coefficient (Wildman–Crippen LogP) is 3.71. The SMILES string of the molecule is CC12CN(CCCOc3ccc(F)cc3C#N)CCC1N1CCOc3cccc2c31. The van der Waals surface area contributed by atoms with Gasteiger partial charge in [0.1, 0.15) is 30.0 Å². The first-order valence-electron chi connectivity index (χ1n) is 10.7. The van der Waals surface area contributed by atoms with Crippen LogP contribution in [0.3, 0.4) is 0 Å². The Morgan fingerprint density at radius 2 is 2.20 bits per heavy atom. The topological polar surface area (TPSA) is 48.7 Å². The fourth-order valence-electron chi connectivity index (χ4n) is 5.49. The molecule has 156 valence electrons. The second-order valence-electron chi connectivity index (χ2n) is 8.65. The number of hydrogen-bond donors (Lipinski definition) is 0. The Morgan fingerprint density at radius 1 is 1.30 bits per heavy atom. The molecule has 0 spiro atoms. The second kappa shape index (κ2) is 7.48. The van der Waals surface area contributed by atoms with Crippen molar-refractivity contribution in [3.63, 3.8) is 0 Å². The maximum absolute atomic E-state index is 13.3. The second-order valence-corrected chi connectivity index (χ2v) is 8.65. The third-order valence-corrected chi connectivity index (χ3v) is 6.81. The van der Waals surface area contributed by atoms with Gasteiger partial charge in [-0.15, -0.1) is 0 Å². The molecule has 2 atom stereocenters. The molecule has 2 unspecified atom stereocenters. The van der Waals surface area contributed by atoms with Gasteiger partial charge in [-0.2, -0.15) is 5.26 Å². The molecular formula is C24H26FN3O2. The summed E-state index contributed by atoms with van der Waals surface area (Å²) in [7, 11) is 0. The lowest BCUT2D eigenvalue weighted by Gasteiger charge is -2.45. The van der Waals surface area contributed by atoms with Crippen LogP contribution in [0.4, 0.5) is 10.1 Å². The average molecular weight is 407 g/mol. The number of fused-ring (bicyclic) bond motifs is 3. The van der Waals surface area contributed by atoms with E-state index < -0.39 is 5.82 Å². The van der Waals surface area contributed by atoms with E-state index >= 15 is 0 Å². The summed E-state index contributed by atoms with van der Waals surface area (Å²) in [6.07, 6.45) is 2.00. The molecule has 1 saturated heterocycles. The fraction of sp³-hybridized carbons (Fsp3) is 0.458. The Labute approximate surface area is 176 Å². The van der Waals surface area contributed by atoms with E-state index in [0.717, 1.165) is 51.4 Å². The number of ether oxygens (including phenoxy) is 2. The number of para-hydroxylation sites is 1. The van der Waals surface area contributed by atoms with Gasteiger partial charge >= 0.3 is 0 Å². The molecule has 0 bridgehead atoms. The molecule has 3 heterocycles. The Hall–Kier alpha value is -2.78. The zero-order valence-electron chi connectivity index (χ0n) is 17.2. The van der Waals surface area contributed by atoms with Gasteiger partial charge in [-0.25, -0.2) is 4.39 Å². The van der Waals surface area contributed by atoms with Gasteiger partial charge in [0.25, 0.3) is 0 Å². The molecule has 5 nitrogen and oxygen atoms in total. The highest BCUT2D eigenvalue weighted by atomic mass is 19.1. The van der Waals surface area contributed by atoms with Crippen LogP contribution in [0.25, 0.3) is 0 Å². The van der Waals surface area contributed by atoms with E-state index in [-0.39, 0.29) is 11.0 Å². The predicted molar refractivity (Wildman–Crippen MR) is 113 cm³/mol. The molecule has 5 rings (SSSR count). The van der Waals surface area contributed by atoms with Crippen LogP contribution in [-0.4, -0.2) is 50.3 Å². The van der Waals surface area contributed by atoms with Gasteiger partial charge in [0.2, 0.25) is 0 Å². The number of nitrogens with zero attached hydrogens (tertiary/aromatic N) is 3. The van der Waals surface area contributed by atoms with Gasteiger partial charge in [0, 0.05) is 31.1 Å². The molecule has 3 aliphatic rings. The van der Waals surface area contributed by atoms with Crippen molar-refractivity contribution in [2.75, 3.05) is 44.3 Å². The highest BCUT2D eigenvalue weighted by molar-refractivity contribution is 5.73. The van der Waals surface area contributed by atoms with Gasteiger partial charge in [0.15, 0.2) is 0 Å². The highest BCUT2D eigenvalue weighted by Crippen LogP contribution is 2.53. The largest absolute Gasteiger partial charge is 0.492 e. The molecule has 3 aliphatic heterocycles. The molecule has 0 aromatic heterocycles. The fourth-order valence-corrected chi connectivity index (χ4v) is 5.49. The van der Waals surface area contributed by atoms with E-state index in [1.807, 2.05) is 6.07 Å². The van der Waals surface area contributed by atoms with Crippen LogP contribution in [0.1, 0.15) is 30.9 Å². The molecule has 0 amide bonds. The first-order chi connectivity index (χ1) is 14.6. The standard InChI is InChI=1S/C24H26FN3O2/c1-24-16-27(9-3-12-29-20-7-6-18(25)14-17(20)15-26)10-8-22(24)28-11-13-30-21-5-2-4-19(24)23(21)28/h2,4-7,14,22H,3,8-13,16H2,1H3. The van der Waals surface area contributed by atoms with Crippen molar-refractivity contribution < 1.29 is 13.9 Å². The van der Waals surface area contributed by atoms with Crippen LogP contribution >= 0.6 is 0 Å². The number of nitriles is 1. The molecule has 6 heteroatoms. The van der Waals surface area contributed by atoms with Crippen molar-refractivity contribution in [1.29, 1.82) is 5.26 Å². The van der Waals surface area contributed by atoms with Crippen LogP contribution in [0, 0.1) is 17.1 Å². The normalized spacial score (nSPS) is 24.6. The van der Waals surface area contributed by atoms with E-state index in [9.17, 15) is 4.39 Å². The average Bonchev–Trinajstić information content (AvgIpc) is 3.02. The summed E-state index contributed by atoms with van der Waals surface area (Å²) < 4.78 is 25.0. The van der Waals surface area contributed by atoms with Crippen molar-refractivity contribution in [3.05, 3.63) is 53.3 Å². The molecule has 0 radical (unpaired) electrons. The molecule has 1 fully saturated rings. The van der Waals surface area contributed by atoms with Gasteiger partial charge in [0.05, 0.1) is 24.4 Å². The summed E-state index contributed by atoms with van der Waals surface area (Å²) in [5, 5.41) is 9.15. The summed E-state index contributed by atoms with van der Waals surface area (Å²) in [4.78, 5) is 5.10. The lowest BCUT2D eigenvalue weighted by Crippen LogP contribution is -2.56. The number of rotatable bonds is 5. The van der Waals surface area contributed by atoms with Crippen molar-refractivity contribution in [2.45, 2.75) is 31.2 Å². The van der Waals surface area contributed by atoms with E-state index in [4.69, 9.17) is 14.7 Å². The lowest BCUT2D eigenvalue weighted by molar-refractivity contribution is 0.131. The monoisotopic (exact) mass is 407 g/mol. The molecule has 0 saturated carbocycles. The minimum absolute atomic E-state index is 0.100. The third-order valence-electron chi connectivity index (χ3n) is 6.81. The first kappa shape index (κ1) is 19.2. The Kier molecular flexibility index (Phi) is 4.79. The maximum atomic E-state index is 13.3. The maximum Gasteiger partial charge on any atom is 0.143 e. The number of piperidine rings is 1. The van der Waals surface area contributed by atoms with Gasteiger partial charge in [-0.1, -0.05) is 19.1 Å². The number of likely N-dealkylation sites (tertiary alicyclic amines) is 1. The molecular weight excluding hydrogens is 381 g/mol. The van der Waals surface area contributed by atoms with E-state index in [2.05, 4.69) is 34.9 Å². The number of hydrogen-bond acceptors (Lipinski definition) is 5. The van der Waals surface area contributed by atoms with Crippen LogP contribution in [0.5, 0.6) is 11.5 Å². The van der Waals surface area contributed by atoms with Crippen molar-refractivity contribution >= 4 is 5.69 Å². The first-order valence-corrected chi connectivity index (χ1v) is 10.7. The molecule has 2 aromatic rings. The summed E-state index contributed by atoms with van der Waals surface area (Å²) in [5.41, 5.74) is 3.07. The zero-order chi connectivity index (χ0) is 20.7. The van der Waals surface area contributed by atoms with Crippen LogP contribution in [0.15, 0.2) is 36.4 Å². The third kappa shape index (κ3) is 3.09. The quantitative estimate of drug-likeness (QED) is 0.708.